The summed E-state index contributed by atoms with van der Waals surface area (Å²) in [6.07, 6.45) is 3.57. The van der Waals surface area contributed by atoms with E-state index in [1.807, 2.05) is 5.51 Å². The molecular weight excluding hydrogens is 194 g/mol. The molecule has 76 valence electrons. The summed E-state index contributed by atoms with van der Waals surface area (Å²) < 4.78 is 0. The third-order valence-corrected chi connectivity index (χ3v) is 4.59. The first-order chi connectivity index (χ1) is 6.82. The van der Waals surface area contributed by atoms with E-state index in [1.165, 1.54) is 23.4 Å². The van der Waals surface area contributed by atoms with Crippen molar-refractivity contribution in [3.05, 3.63) is 16.1 Å². The minimum atomic E-state index is 0.186. The van der Waals surface area contributed by atoms with Gasteiger partial charge in [0, 0.05) is 4.88 Å². The fraction of sp³-hybridized carbons (Fsp3) is 0.700. The molecule has 1 saturated heterocycles. The average Bonchev–Trinajstić information content (AvgIpc) is 2.73. The summed E-state index contributed by atoms with van der Waals surface area (Å²) >= 11 is 1.77. The quantitative estimate of drug-likeness (QED) is 0.672. The molecule has 1 unspecified atom stereocenters. The molecule has 2 heterocycles. The second-order valence-electron chi connectivity index (χ2n) is 4.43. The van der Waals surface area contributed by atoms with Crippen molar-refractivity contribution in [1.82, 2.24) is 10.3 Å². The number of hydrogen-bond acceptors (Lipinski definition) is 4. The lowest BCUT2D eigenvalue weighted by Crippen LogP contribution is -2.42. The zero-order valence-electron chi connectivity index (χ0n) is 8.12. The highest BCUT2D eigenvalue weighted by Crippen LogP contribution is 2.50. The highest BCUT2D eigenvalue weighted by Gasteiger charge is 2.46. The van der Waals surface area contributed by atoms with Crippen molar-refractivity contribution in [1.29, 1.82) is 0 Å². The highest BCUT2D eigenvalue weighted by atomic mass is 32.1. The Labute approximate surface area is 87.7 Å². The van der Waals surface area contributed by atoms with Gasteiger partial charge in [-0.25, -0.2) is 4.98 Å². The maximum absolute atomic E-state index is 6.32. The topological polar surface area (TPSA) is 50.9 Å². The molecule has 0 bridgehead atoms. The minimum Gasteiger partial charge on any atom is -0.322 e. The first-order valence-corrected chi connectivity index (χ1v) is 6.08. The van der Waals surface area contributed by atoms with E-state index in [9.17, 15) is 0 Å². The van der Waals surface area contributed by atoms with Crippen LogP contribution in [0, 0.1) is 5.41 Å². The van der Waals surface area contributed by atoms with E-state index in [2.05, 4.69) is 10.3 Å². The van der Waals surface area contributed by atoms with E-state index in [-0.39, 0.29) is 6.04 Å². The van der Waals surface area contributed by atoms with Crippen LogP contribution in [0.4, 0.5) is 0 Å². The van der Waals surface area contributed by atoms with Crippen molar-refractivity contribution in [2.45, 2.75) is 25.3 Å². The molecule has 3 nitrogen and oxygen atoms in total. The zero-order valence-corrected chi connectivity index (χ0v) is 8.94. The monoisotopic (exact) mass is 209 g/mol. The number of hydrogen-bond donors (Lipinski definition) is 2. The van der Waals surface area contributed by atoms with E-state index in [0.29, 0.717) is 5.41 Å². The van der Waals surface area contributed by atoms with Crippen LogP contribution in [0.5, 0.6) is 0 Å². The smallest absolute Gasteiger partial charge is 0.0798 e. The normalized spacial score (nSPS) is 29.4. The second kappa shape index (κ2) is 3.02. The summed E-state index contributed by atoms with van der Waals surface area (Å²) in [4.78, 5) is 5.83. The van der Waals surface area contributed by atoms with Gasteiger partial charge < -0.3 is 11.1 Å². The predicted octanol–water partition coefficient (Wildman–Crippen LogP) is 1.07. The average molecular weight is 209 g/mol. The number of nitrogens with one attached hydrogen (secondary N) is 1. The Hall–Kier alpha value is -0.450. The van der Waals surface area contributed by atoms with Crippen LogP contribution in [-0.4, -0.2) is 18.1 Å². The van der Waals surface area contributed by atoms with Gasteiger partial charge in [-0.15, -0.1) is 11.3 Å². The molecule has 1 fully saturated rings. The van der Waals surface area contributed by atoms with Crippen LogP contribution in [0.25, 0.3) is 0 Å². The molecule has 0 radical (unpaired) electrons. The molecule has 3 rings (SSSR count). The van der Waals surface area contributed by atoms with E-state index in [1.54, 1.807) is 11.3 Å². The lowest BCUT2D eigenvalue weighted by atomic mass is 9.74. The molecule has 0 saturated carbocycles. The van der Waals surface area contributed by atoms with E-state index in [0.717, 1.165) is 19.5 Å². The van der Waals surface area contributed by atoms with Gasteiger partial charge in [-0.2, -0.15) is 0 Å². The largest absolute Gasteiger partial charge is 0.322 e. The highest BCUT2D eigenvalue weighted by molar-refractivity contribution is 7.09. The third-order valence-electron chi connectivity index (χ3n) is 3.74. The minimum absolute atomic E-state index is 0.186. The Kier molecular flexibility index (Phi) is 1.90. The van der Waals surface area contributed by atoms with Crippen molar-refractivity contribution >= 4 is 11.3 Å². The number of fused-ring (bicyclic) bond motifs is 1. The van der Waals surface area contributed by atoms with Crippen LogP contribution < -0.4 is 11.1 Å². The van der Waals surface area contributed by atoms with Crippen molar-refractivity contribution in [3.8, 4) is 0 Å². The van der Waals surface area contributed by atoms with E-state index in [4.69, 9.17) is 5.73 Å². The molecule has 1 aliphatic heterocycles. The number of aromatic nitrogens is 1. The Balaban J connectivity index is 1.94. The molecule has 2 aliphatic rings. The number of piperidine rings is 1. The lowest BCUT2D eigenvalue weighted by molar-refractivity contribution is 0.173. The molecule has 0 amide bonds. The van der Waals surface area contributed by atoms with Crippen LogP contribution in [0.3, 0.4) is 0 Å². The Morgan fingerprint density at radius 2 is 2.29 bits per heavy atom. The van der Waals surface area contributed by atoms with Crippen LogP contribution in [0.15, 0.2) is 5.51 Å². The van der Waals surface area contributed by atoms with E-state index < -0.39 is 0 Å². The Morgan fingerprint density at radius 1 is 1.50 bits per heavy atom. The molecule has 4 heteroatoms. The Bertz CT molecular complexity index is 341. The van der Waals surface area contributed by atoms with Gasteiger partial charge in [-0.3, -0.25) is 0 Å². The first kappa shape index (κ1) is 8.83. The fourth-order valence-corrected chi connectivity index (χ4v) is 3.76. The Morgan fingerprint density at radius 3 is 3.00 bits per heavy atom. The number of nitrogens with two attached hydrogens (primary N) is 1. The lowest BCUT2D eigenvalue weighted by Gasteiger charge is -2.37. The summed E-state index contributed by atoms with van der Waals surface area (Å²) in [6.45, 7) is 2.23. The molecule has 1 aromatic rings. The second-order valence-corrected chi connectivity index (χ2v) is 5.37. The van der Waals surface area contributed by atoms with Crippen LogP contribution in [0.2, 0.25) is 0 Å². The summed E-state index contributed by atoms with van der Waals surface area (Å²) in [5, 5.41) is 3.40. The number of thiazole rings is 1. The predicted molar refractivity (Wildman–Crippen MR) is 57.3 cm³/mol. The maximum atomic E-state index is 6.32. The third kappa shape index (κ3) is 1.08. The van der Waals surface area contributed by atoms with Crippen molar-refractivity contribution in [2.24, 2.45) is 11.1 Å². The molecule has 1 aliphatic carbocycles. The first-order valence-electron chi connectivity index (χ1n) is 5.20. The number of nitrogens with zero attached hydrogens (tertiary/aromatic N) is 1. The van der Waals surface area contributed by atoms with Crippen molar-refractivity contribution in [2.75, 3.05) is 13.1 Å². The SMILES string of the molecule is NC1c2ncsc2CC12CCNCC2. The van der Waals surface area contributed by atoms with Crippen LogP contribution >= 0.6 is 11.3 Å². The van der Waals surface area contributed by atoms with Gasteiger partial charge in [-0.1, -0.05) is 0 Å². The molecular formula is C10H15N3S. The van der Waals surface area contributed by atoms with Crippen LogP contribution in [-0.2, 0) is 6.42 Å². The molecule has 3 N–H and O–H groups in total. The fourth-order valence-electron chi connectivity index (χ4n) is 2.80. The maximum Gasteiger partial charge on any atom is 0.0798 e. The molecule has 1 atom stereocenters. The van der Waals surface area contributed by atoms with Crippen molar-refractivity contribution in [3.63, 3.8) is 0 Å². The molecule has 1 spiro atoms. The zero-order chi connectivity index (χ0) is 9.60. The van der Waals surface area contributed by atoms with Gasteiger partial charge >= 0.3 is 0 Å². The van der Waals surface area contributed by atoms with Gasteiger partial charge in [0.1, 0.15) is 0 Å². The summed E-state index contributed by atoms with van der Waals surface area (Å²) in [7, 11) is 0. The molecule has 1 aromatic heterocycles. The van der Waals surface area contributed by atoms with Gasteiger partial charge in [0.15, 0.2) is 0 Å². The van der Waals surface area contributed by atoms with Crippen LogP contribution in [0.1, 0.15) is 29.5 Å². The number of rotatable bonds is 0. The van der Waals surface area contributed by atoms with Gasteiger partial charge in [0.25, 0.3) is 0 Å². The van der Waals surface area contributed by atoms with Gasteiger partial charge in [0.05, 0.1) is 17.2 Å². The summed E-state index contributed by atoms with van der Waals surface area (Å²) in [5.74, 6) is 0. The standard InChI is InChI=1S/C10H15N3S/c11-9-8-7(14-6-13-8)5-10(9)1-3-12-4-2-10/h6,9,12H,1-5,11H2. The summed E-state index contributed by atoms with van der Waals surface area (Å²) in [6, 6.07) is 0.186. The van der Waals surface area contributed by atoms with Gasteiger partial charge in [0.2, 0.25) is 0 Å². The molecule has 0 aromatic carbocycles. The van der Waals surface area contributed by atoms with Crippen molar-refractivity contribution < 1.29 is 0 Å². The van der Waals surface area contributed by atoms with E-state index >= 15 is 0 Å². The van der Waals surface area contributed by atoms with Gasteiger partial charge in [-0.05, 0) is 37.8 Å². The molecule has 14 heavy (non-hydrogen) atoms. The summed E-state index contributed by atoms with van der Waals surface area (Å²) in [5.41, 5.74) is 9.76.